The average Bonchev–Trinajstić information content (AvgIpc) is 2.47. The van der Waals surface area contributed by atoms with E-state index in [1.165, 1.54) is 5.69 Å². The molecule has 0 spiro atoms. The monoisotopic (exact) mass is 195 g/mol. The van der Waals surface area contributed by atoms with E-state index in [9.17, 15) is 0 Å². The summed E-state index contributed by atoms with van der Waals surface area (Å²) in [5.74, 6) is 0. The van der Waals surface area contributed by atoms with Crippen molar-refractivity contribution in [2.45, 2.75) is 59.4 Å². The summed E-state index contributed by atoms with van der Waals surface area (Å²) in [6.45, 7) is 11.9. The van der Waals surface area contributed by atoms with E-state index in [0.717, 1.165) is 25.1 Å². The Morgan fingerprint density at radius 3 is 2.29 bits per heavy atom. The van der Waals surface area contributed by atoms with Gasteiger partial charge in [0.25, 0.3) is 0 Å². The van der Waals surface area contributed by atoms with Crippen LogP contribution in [-0.2, 0) is 18.4 Å². The highest BCUT2D eigenvalue weighted by Gasteiger charge is 2.23. The van der Waals surface area contributed by atoms with E-state index in [2.05, 4.69) is 49.6 Å². The van der Waals surface area contributed by atoms with E-state index in [0.29, 0.717) is 0 Å². The molecule has 1 aromatic heterocycles. The minimum Gasteiger partial charge on any atom is -0.249 e. The molecule has 3 nitrogen and oxygen atoms in total. The van der Waals surface area contributed by atoms with Crippen molar-refractivity contribution in [2.75, 3.05) is 0 Å². The minimum absolute atomic E-state index is 0.143. The molecule has 0 unspecified atom stereocenters. The van der Waals surface area contributed by atoms with E-state index in [1.807, 2.05) is 0 Å². The maximum absolute atomic E-state index is 4.23. The Labute approximate surface area is 86.5 Å². The molecule has 1 rings (SSSR count). The largest absolute Gasteiger partial charge is 0.249 e. The first kappa shape index (κ1) is 11.2. The molecule has 0 saturated carbocycles. The molecule has 0 amide bonds. The second kappa shape index (κ2) is 4.11. The van der Waals surface area contributed by atoms with Crippen molar-refractivity contribution in [3.63, 3.8) is 0 Å². The smallest absolute Gasteiger partial charge is 0.0861 e. The van der Waals surface area contributed by atoms with Crippen LogP contribution in [0.15, 0.2) is 0 Å². The van der Waals surface area contributed by atoms with Crippen molar-refractivity contribution in [3.05, 3.63) is 11.4 Å². The van der Waals surface area contributed by atoms with Crippen LogP contribution >= 0.6 is 0 Å². The number of hydrogen-bond acceptors (Lipinski definition) is 2. The van der Waals surface area contributed by atoms with Crippen LogP contribution in [0.3, 0.4) is 0 Å². The van der Waals surface area contributed by atoms with Crippen LogP contribution in [0, 0.1) is 0 Å². The van der Waals surface area contributed by atoms with E-state index in [1.54, 1.807) is 0 Å². The van der Waals surface area contributed by atoms with E-state index < -0.39 is 0 Å². The molecule has 0 saturated heterocycles. The Balaban J connectivity index is 3.13. The lowest BCUT2D eigenvalue weighted by Gasteiger charge is -2.20. The maximum atomic E-state index is 4.23. The second-order valence-electron chi connectivity index (χ2n) is 4.71. The molecular weight excluding hydrogens is 174 g/mol. The lowest BCUT2D eigenvalue weighted by molar-refractivity contribution is 0.474. The second-order valence-corrected chi connectivity index (χ2v) is 4.71. The summed E-state index contributed by atoms with van der Waals surface area (Å²) in [6, 6.07) is 0. The zero-order valence-corrected chi connectivity index (χ0v) is 9.96. The van der Waals surface area contributed by atoms with E-state index in [4.69, 9.17) is 0 Å². The Bertz CT molecular complexity index is 294. The molecule has 0 bridgehead atoms. The van der Waals surface area contributed by atoms with Crippen LogP contribution in [0.1, 0.15) is 52.4 Å². The van der Waals surface area contributed by atoms with Crippen LogP contribution in [0.2, 0.25) is 0 Å². The summed E-state index contributed by atoms with van der Waals surface area (Å²) in [5.41, 5.74) is 2.58. The first-order valence-electron chi connectivity index (χ1n) is 5.43. The Morgan fingerprint density at radius 1 is 1.21 bits per heavy atom. The van der Waals surface area contributed by atoms with Crippen molar-refractivity contribution in [1.82, 2.24) is 15.0 Å². The van der Waals surface area contributed by atoms with Crippen molar-refractivity contribution in [3.8, 4) is 0 Å². The molecular formula is C11H21N3. The summed E-state index contributed by atoms with van der Waals surface area (Å²) in [7, 11) is 0. The van der Waals surface area contributed by atoms with Gasteiger partial charge in [0.05, 0.1) is 11.4 Å². The topological polar surface area (TPSA) is 30.7 Å². The molecule has 0 N–H and O–H groups in total. The standard InChI is InChI=1S/C11H21N3/c1-6-8-14-10(11(3,4)5)9(7-2)12-13-14/h6-8H2,1-5H3. The lowest BCUT2D eigenvalue weighted by atomic mass is 9.90. The van der Waals surface area contributed by atoms with Crippen molar-refractivity contribution in [1.29, 1.82) is 0 Å². The molecule has 0 aliphatic rings. The summed E-state index contributed by atoms with van der Waals surface area (Å²) < 4.78 is 2.05. The highest BCUT2D eigenvalue weighted by Crippen LogP contribution is 2.24. The highest BCUT2D eigenvalue weighted by molar-refractivity contribution is 5.19. The van der Waals surface area contributed by atoms with Gasteiger partial charge in [0.2, 0.25) is 0 Å². The fourth-order valence-electron chi connectivity index (χ4n) is 1.78. The Kier molecular flexibility index (Phi) is 3.29. The fraction of sp³-hybridized carbons (Fsp3) is 0.818. The van der Waals surface area contributed by atoms with Gasteiger partial charge >= 0.3 is 0 Å². The zero-order valence-electron chi connectivity index (χ0n) is 9.96. The third-order valence-electron chi connectivity index (χ3n) is 2.29. The zero-order chi connectivity index (χ0) is 10.8. The summed E-state index contributed by atoms with van der Waals surface area (Å²) in [6.07, 6.45) is 2.08. The molecule has 0 aliphatic heterocycles. The summed E-state index contributed by atoms with van der Waals surface area (Å²) in [4.78, 5) is 0. The maximum Gasteiger partial charge on any atom is 0.0861 e. The Morgan fingerprint density at radius 2 is 1.86 bits per heavy atom. The predicted molar refractivity (Wildman–Crippen MR) is 58.4 cm³/mol. The first-order valence-corrected chi connectivity index (χ1v) is 5.43. The van der Waals surface area contributed by atoms with Crippen molar-refractivity contribution in [2.24, 2.45) is 0 Å². The van der Waals surface area contributed by atoms with Gasteiger partial charge in [-0.3, -0.25) is 0 Å². The number of hydrogen-bond donors (Lipinski definition) is 0. The minimum atomic E-state index is 0.143. The molecule has 0 atom stereocenters. The van der Waals surface area contributed by atoms with E-state index >= 15 is 0 Å². The molecule has 1 heterocycles. The molecule has 3 heteroatoms. The van der Waals surface area contributed by atoms with Crippen LogP contribution in [0.4, 0.5) is 0 Å². The molecule has 0 fully saturated rings. The fourth-order valence-corrected chi connectivity index (χ4v) is 1.78. The van der Waals surface area contributed by atoms with E-state index in [-0.39, 0.29) is 5.41 Å². The van der Waals surface area contributed by atoms with Gasteiger partial charge in [0, 0.05) is 12.0 Å². The third-order valence-corrected chi connectivity index (χ3v) is 2.29. The summed E-state index contributed by atoms with van der Waals surface area (Å²) in [5, 5.41) is 8.44. The number of nitrogens with zero attached hydrogens (tertiary/aromatic N) is 3. The number of aromatic nitrogens is 3. The molecule has 1 aromatic rings. The van der Waals surface area contributed by atoms with Gasteiger partial charge in [0.15, 0.2) is 0 Å². The molecule has 80 valence electrons. The SMILES string of the molecule is CCCn1nnc(CC)c1C(C)(C)C. The molecule has 0 aromatic carbocycles. The van der Waals surface area contributed by atoms with Gasteiger partial charge in [-0.1, -0.05) is 39.8 Å². The number of rotatable bonds is 3. The van der Waals surface area contributed by atoms with Crippen LogP contribution in [0.5, 0.6) is 0 Å². The van der Waals surface area contributed by atoms with Crippen LogP contribution < -0.4 is 0 Å². The van der Waals surface area contributed by atoms with Gasteiger partial charge in [0.1, 0.15) is 0 Å². The molecule has 0 aliphatic carbocycles. The van der Waals surface area contributed by atoms with Gasteiger partial charge in [-0.15, -0.1) is 5.10 Å². The predicted octanol–water partition coefficient (Wildman–Crippen LogP) is 2.55. The highest BCUT2D eigenvalue weighted by atomic mass is 15.4. The van der Waals surface area contributed by atoms with Crippen LogP contribution in [0.25, 0.3) is 0 Å². The van der Waals surface area contributed by atoms with Gasteiger partial charge in [-0.25, -0.2) is 4.68 Å². The van der Waals surface area contributed by atoms with Gasteiger partial charge in [-0.2, -0.15) is 0 Å². The van der Waals surface area contributed by atoms with Crippen molar-refractivity contribution < 1.29 is 0 Å². The Hall–Kier alpha value is -0.860. The summed E-state index contributed by atoms with van der Waals surface area (Å²) >= 11 is 0. The third kappa shape index (κ3) is 2.14. The quantitative estimate of drug-likeness (QED) is 0.742. The molecule has 14 heavy (non-hydrogen) atoms. The van der Waals surface area contributed by atoms with Gasteiger partial charge < -0.3 is 0 Å². The lowest BCUT2D eigenvalue weighted by Crippen LogP contribution is -2.20. The normalized spacial score (nSPS) is 12.1. The van der Waals surface area contributed by atoms with Gasteiger partial charge in [-0.05, 0) is 12.8 Å². The first-order chi connectivity index (χ1) is 6.50. The number of aryl methyl sites for hydroxylation is 2. The van der Waals surface area contributed by atoms with Crippen molar-refractivity contribution >= 4 is 0 Å². The molecule has 0 radical (unpaired) electrons. The average molecular weight is 195 g/mol. The van der Waals surface area contributed by atoms with Crippen LogP contribution in [-0.4, -0.2) is 15.0 Å².